The van der Waals surface area contributed by atoms with Gasteiger partial charge in [0.1, 0.15) is 11.4 Å². The first-order chi connectivity index (χ1) is 14.4. The van der Waals surface area contributed by atoms with E-state index in [0.29, 0.717) is 38.5 Å². The summed E-state index contributed by atoms with van der Waals surface area (Å²) in [5.74, 6) is 1.64. The molecule has 1 fully saturated rings. The zero-order valence-corrected chi connectivity index (χ0v) is 18.4. The van der Waals surface area contributed by atoms with E-state index in [-0.39, 0.29) is 30.6 Å². The monoisotopic (exact) mass is 416 g/mol. The number of carbonyl (C=O) groups excluding carboxylic acids is 3. The van der Waals surface area contributed by atoms with Crippen molar-refractivity contribution in [2.75, 3.05) is 6.61 Å². The van der Waals surface area contributed by atoms with Gasteiger partial charge >= 0.3 is 5.97 Å². The van der Waals surface area contributed by atoms with Gasteiger partial charge in [-0.25, -0.2) is 4.79 Å². The first-order valence-corrected chi connectivity index (χ1v) is 11.1. The predicted octanol–water partition coefficient (Wildman–Crippen LogP) is 4.33. The van der Waals surface area contributed by atoms with Crippen LogP contribution in [0, 0.1) is 24.2 Å². The predicted molar refractivity (Wildman–Crippen MR) is 118 cm³/mol. The molecular weight excluding hydrogens is 380 g/mol. The van der Waals surface area contributed by atoms with Gasteiger partial charge in [0, 0.05) is 25.2 Å². The standard InChI is InChI=1S/C25H36O5/c1-4-7-18-25(29,5-2)19-12-13-20-16-17-22(26)21(20)14-10-8-9-11-15-23(27)24(28)30-6-3/h2,8,10,12-13,20-21,29H,4,6-7,9,11,14-19H2,1,3H3/t20-,21+,25?/m0/s1. The minimum absolute atomic E-state index is 0.0479. The molecule has 166 valence electrons. The van der Waals surface area contributed by atoms with Crippen molar-refractivity contribution in [2.45, 2.75) is 83.7 Å². The minimum atomic E-state index is -1.11. The van der Waals surface area contributed by atoms with Crippen molar-refractivity contribution in [2.24, 2.45) is 11.8 Å². The number of aliphatic hydroxyl groups is 1. The average molecular weight is 417 g/mol. The molecule has 0 spiro atoms. The second kappa shape index (κ2) is 13.9. The molecule has 5 heteroatoms. The van der Waals surface area contributed by atoms with Gasteiger partial charge in [0.05, 0.1) is 6.61 Å². The molecule has 0 aromatic carbocycles. The largest absolute Gasteiger partial charge is 0.460 e. The van der Waals surface area contributed by atoms with Crippen LogP contribution < -0.4 is 0 Å². The Kier molecular flexibility index (Phi) is 12.0. The van der Waals surface area contributed by atoms with E-state index >= 15 is 0 Å². The average Bonchev–Trinajstić information content (AvgIpc) is 3.08. The maximum Gasteiger partial charge on any atom is 0.374 e. The fourth-order valence-electron chi connectivity index (χ4n) is 3.67. The zero-order valence-electron chi connectivity index (χ0n) is 18.4. The molecular formula is C25H36O5. The summed E-state index contributed by atoms with van der Waals surface area (Å²) in [5, 5.41) is 10.5. The maximum absolute atomic E-state index is 12.2. The lowest BCUT2D eigenvalue weighted by Crippen LogP contribution is -2.25. The van der Waals surface area contributed by atoms with Gasteiger partial charge in [0.15, 0.2) is 0 Å². The highest BCUT2D eigenvalue weighted by Gasteiger charge is 2.32. The lowest BCUT2D eigenvalue weighted by atomic mass is 9.89. The van der Waals surface area contributed by atoms with Crippen LogP contribution >= 0.6 is 0 Å². The van der Waals surface area contributed by atoms with E-state index in [1.807, 2.05) is 24.3 Å². The van der Waals surface area contributed by atoms with Crippen molar-refractivity contribution < 1.29 is 24.2 Å². The van der Waals surface area contributed by atoms with E-state index in [0.717, 1.165) is 19.3 Å². The Morgan fingerprint density at radius 1 is 1.27 bits per heavy atom. The van der Waals surface area contributed by atoms with Crippen molar-refractivity contribution in [3.63, 3.8) is 0 Å². The van der Waals surface area contributed by atoms with Crippen LogP contribution in [-0.4, -0.2) is 34.9 Å². The second-order valence-corrected chi connectivity index (χ2v) is 7.93. The molecule has 1 rings (SSSR count). The number of terminal acetylenes is 1. The van der Waals surface area contributed by atoms with Crippen LogP contribution in [0.4, 0.5) is 0 Å². The first kappa shape index (κ1) is 25.8. The van der Waals surface area contributed by atoms with Crippen LogP contribution in [0.2, 0.25) is 0 Å². The molecule has 0 bridgehead atoms. The van der Waals surface area contributed by atoms with Crippen molar-refractivity contribution >= 4 is 17.5 Å². The zero-order chi connectivity index (χ0) is 22.4. The number of rotatable bonds is 14. The van der Waals surface area contributed by atoms with Crippen LogP contribution in [0.15, 0.2) is 24.3 Å². The summed E-state index contributed by atoms with van der Waals surface area (Å²) < 4.78 is 4.68. The molecule has 0 radical (unpaired) electrons. The molecule has 1 saturated carbocycles. The molecule has 1 unspecified atom stereocenters. The van der Waals surface area contributed by atoms with Gasteiger partial charge in [0.25, 0.3) is 0 Å². The van der Waals surface area contributed by atoms with Crippen molar-refractivity contribution in [3.8, 4) is 12.3 Å². The Morgan fingerprint density at radius 3 is 2.70 bits per heavy atom. The lowest BCUT2D eigenvalue weighted by molar-refractivity contribution is -0.153. The van der Waals surface area contributed by atoms with Crippen molar-refractivity contribution in [1.82, 2.24) is 0 Å². The fourth-order valence-corrected chi connectivity index (χ4v) is 3.67. The van der Waals surface area contributed by atoms with Gasteiger partial charge in [-0.1, -0.05) is 43.6 Å². The molecule has 0 amide bonds. The number of ketones is 2. The third kappa shape index (κ3) is 9.09. The Bertz CT molecular complexity index is 670. The van der Waals surface area contributed by atoms with Gasteiger partial charge in [-0.05, 0) is 51.4 Å². The summed E-state index contributed by atoms with van der Waals surface area (Å²) in [6, 6.07) is 0. The van der Waals surface area contributed by atoms with Crippen LogP contribution in [0.5, 0.6) is 0 Å². The summed E-state index contributed by atoms with van der Waals surface area (Å²) in [6.45, 7) is 3.94. The molecule has 0 heterocycles. The second-order valence-electron chi connectivity index (χ2n) is 7.93. The van der Waals surface area contributed by atoms with Gasteiger partial charge in [-0.2, -0.15) is 0 Å². The minimum Gasteiger partial charge on any atom is -0.460 e. The molecule has 0 aromatic rings. The molecule has 0 aromatic heterocycles. The Morgan fingerprint density at radius 2 is 2.03 bits per heavy atom. The molecule has 0 saturated heterocycles. The third-order valence-electron chi connectivity index (χ3n) is 5.54. The van der Waals surface area contributed by atoms with E-state index in [1.165, 1.54) is 0 Å². The number of hydrogen-bond acceptors (Lipinski definition) is 5. The Labute approximate surface area is 181 Å². The summed E-state index contributed by atoms with van der Waals surface area (Å²) in [5.41, 5.74) is -1.11. The van der Waals surface area contributed by atoms with Gasteiger partial charge in [-0.15, -0.1) is 6.42 Å². The van der Waals surface area contributed by atoms with Crippen LogP contribution in [0.3, 0.4) is 0 Å². The first-order valence-electron chi connectivity index (χ1n) is 11.1. The Balaban J connectivity index is 2.44. The fraction of sp³-hybridized carbons (Fsp3) is 0.640. The van der Waals surface area contributed by atoms with E-state index < -0.39 is 17.4 Å². The SMILES string of the molecule is C#CC(O)(CC=C[C@H]1CCC(=O)[C@@H]1CC=CCCCC(=O)C(=O)OCC)CCCC. The smallest absolute Gasteiger partial charge is 0.374 e. The molecule has 30 heavy (non-hydrogen) atoms. The van der Waals surface area contributed by atoms with Crippen LogP contribution in [0.1, 0.15) is 78.1 Å². The summed E-state index contributed by atoms with van der Waals surface area (Å²) >= 11 is 0. The number of hydrogen-bond donors (Lipinski definition) is 1. The van der Waals surface area contributed by atoms with E-state index in [2.05, 4.69) is 17.6 Å². The molecule has 0 aliphatic heterocycles. The number of Topliss-reactive ketones (excluding diaryl/α,β-unsaturated/α-hetero) is 2. The number of carbonyl (C=O) groups is 3. The molecule has 1 aliphatic rings. The van der Waals surface area contributed by atoms with E-state index in [4.69, 9.17) is 6.42 Å². The van der Waals surface area contributed by atoms with Crippen molar-refractivity contribution in [1.29, 1.82) is 0 Å². The number of ether oxygens (including phenoxy) is 1. The number of esters is 1. The number of allylic oxidation sites excluding steroid dienone is 3. The molecule has 5 nitrogen and oxygen atoms in total. The quantitative estimate of drug-likeness (QED) is 0.150. The van der Waals surface area contributed by atoms with Crippen molar-refractivity contribution in [3.05, 3.63) is 24.3 Å². The summed E-state index contributed by atoms with van der Waals surface area (Å²) in [6.07, 6.45) is 19.8. The van der Waals surface area contributed by atoms with Gasteiger partial charge < -0.3 is 9.84 Å². The topological polar surface area (TPSA) is 80.7 Å². The summed E-state index contributed by atoms with van der Waals surface area (Å²) in [4.78, 5) is 35.0. The van der Waals surface area contributed by atoms with Gasteiger partial charge in [-0.3, -0.25) is 9.59 Å². The maximum atomic E-state index is 12.2. The molecule has 1 N–H and O–H groups in total. The lowest BCUT2D eigenvalue weighted by Gasteiger charge is -2.20. The van der Waals surface area contributed by atoms with Crippen LogP contribution in [0.25, 0.3) is 0 Å². The number of unbranched alkanes of at least 4 members (excludes halogenated alkanes) is 2. The highest BCUT2D eigenvalue weighted by molar-refractivity contribution is 6.33. The molecule has 1 aliphatic carbocycles. The van der Waals surface area contributed by atoms with E-state index in [9.17, 15) is 19.5 Å². The highest BCUT2D eigenvalue weighted by Crippen LogP contribution is 2.33. The third-order valence-corrected chi connectivity index (χ3v) is 5.54. The van der Waals surface area contributed by atoms with Gasteiger partial charge in [0.2, 0.25) is 5.78 Å². The summed E-state index contributed by atoms with van der Waals surface area (Å²) in [7, 11) is 0. The Hall–Kier alpha value is -2.19. The van der Waals surface area contributed by atoms with Crippen LogP contribution in [-0.2, 0) is 19.1 Å². The normalized spacial score (nSPS) is 21.1. The molecule has 3 atom stereocenters. The highest BCUT2D eigenvalue weighted by atomic mass is 16.5. The van der Waals surface area contributed by atoms with E-state index in [1.54, 1.807) is 6.92 Å².